The van der Waals surface area contributed by atoms with E-state index >= 15 is 0 Å². The monoisotopic (exact) mass is 250 g/mol. The summed E-state index contributed by atoms with van der Waals surface area (Å²) in [7, 11) is 0. The van der Waals surface area contributed by atoms with Gasteiger partial charge >= 0.3 is 12.0 Å². The summed E-state index contributed by atoms with van der Waals surface area (Å²) in [5, 5.41) is 13.6. The molecule has 0 atom stereocenters. The Morgan fingerprint density at radius 1 is 1.17 bits per heavy atom. The normalized spacial score (nSPS) is 9.83. The van der Waals surface area contributed by atoms with Gasteiger partial charge in [0.1, 0.15) is 0 Å². The number of nitrogens with one attached hydrogen (secondary N) is 2. The molecule has 0 unspecified atom stereocenters. The van der Waals surface area contributed by atoms with Gasteiger partial charge < -0.3 is 15.7 Å². The molecule has 2 amide bonds. The van der Waals surface area contributed by atoms with Gasteiger partial charge in [-0.1, -0.05) is 24.3 Å². The van der Waals surface area contributed by atoms with E-state index in [0.717, 1.165) is 6.42 Å². The smallest absolute Gasteiger partial charge is 0.314 e. The molecular formula is C13H18N2O3. The lowest BCUT2D eigenvalue weighted by atomic mass is 10.1. The maximum absolute atomic E-state index is 11.3. The first kappa shape index (κ1) is 14.0. The third kappa shape index (κ3) is 5.34. The van der Waals surface area contributed by atoms with Crippen LogP contribution in [0, 0.1) is 6.92 Å². The number of benzene rings is 1. The molecule has 0 aliphatic heterocycles. The van der Waals surface area contributed by atoms with Crippen molar-refractivity contribution in [2.45, 2.75) is 19.8 Å². The average molecular weight is 250 g/mol. The number of hydrogen-bond acceptors (Lipinski definition) is 2. The van der Waals surface area contributed by atoms with Gasteiger partial charge in [0, 0.05) is 13.1 Å². The van der Waals surface area contributed by atoms with Crippen molar-refractivity contribution in [2.24, 2.45) is 0 Å². The fraction of sp³-hybridized carbons (Fsp3) is 0.385. The van der Waals surface area contributed by atoms with Crippen molar-refractivity contribution in [3.63, 3.8) is 0 Å². The lowest BCUT2D eigenvalue weighted by molar-refractivity contribution is -0.136. The Morgan fingerprint density at radius 2 is 1.83 bits per heavy atom. The zero-order valence-electron chi connectivity index (χ0n) is 10.4. The summed E-state index contributed by atoms with van der Waals surface area (Å²) < 4.78 is 0. The van der Waals surface area contributed by atoms with E-state index in [0.29, 0.717) is 6.54 Å². The van der Waals surface area contributed by atoms with Crippen LogP contribution in [0.3, 0.4) is 0 Å². The maximum Gasteiger partial charge on any atom is 0.314 e. The van der Waals surface area contributed by atoms with E-state index in [9.17, 15) is 9.59 Å². The zero-order chi connectivity index (χ0) is 13.4. The molecule has 98 valence electrons. The quantitative estimate of drug-likeness (QED) is 0.712. The van der Waals surface area contributed by atoms with Gasteiger partial charge in [-0.05, 0) is 24.5 Å². The Morgan fingerprint density at radius 3 is 2.50 bits per heavy atom. The van der Waals surface area contributed by atoms with E-state index in [1.54, 1.807) is 0 Å². The zero-order valence-corrected chi connectivity index (χ0v) is 10.4. The minimum Gasteiger partial charge on any atom is -0.481 e. The van der Waals surface area contributed by atoms with Crippen molar-refractivity contribution in [3.05, 3.63) is 35.4 Å². The lowest BCUT2D eigenvalue weighted by Crippen LogP contribution is -2.37. The number of urea groups is 1. The van der Waals surface area contributed by atoms with Crippen molar-refractivity contribution >= 4 is 12.0 Å². The number of aryl methyl sites for hydroxylation is 1. The number of aliphatic carboxylic acids is 1. The van der Waals surface area contributed by atoms with Crippen LogP contribution in [-0.2, 0) is 11.2 Å². The summed E-state index contributed by atoms with van der Waals surface area (Å²) in [6.07, 6.45) is 0.699. The summed E-state index contributed by atoms with van der Waals surface area (Å²) in [6, 6.07) is 7.67. The lowest BCUT2D eigenvalue weighted by Gasteiger charge is -2.08. The maximum atomic E-state index is 11.3. The number of carbonyl (C=O) groups is 2. The van der Waals surface area contributed by atoms with Gasteiger partial charge in [-0.2, -0.15) is 0 Å². The third-order valence-corrected chi connectivity index (χ3v) is 2.57. The Kier molecular flexibility index (Phi) is 5.70. The number of rotatable bonds is 6. The summed E-state index contributed by atoms with van der Waals surface area (Å²) in [5.74, 6) is -0.921. The van der Waals surface area contributed by atoms with Crippen LogP contribution < -0.4 is 10.6 Å². The van der Waals surface area contributed by atoms with Crippen LogP contribution in [0.1, 0.15) is 17.5 Å². The van der Waals surface area contributed by atoms with Crippen molar-refractivity contribution in [2.75, 3.05) is 13.1 Å². The molecular weight excluding hydrogens is 232 g/mol. The van der Waals surface area contributed by atoms with Crippen LogP contribution in [0.25, 0.3) is 0 Å². The molecule has 0 bridgehead atoms. The van der Waals surface area contributed by atoms with Gasteiger partial charge in [0.15, 0.2) is 0 Å². The largest absolute Gasteiger partial charge is 0.481 e. The number of hydrogen-bond donors (Lipinski definition) is 3. The Hall–Kier alpha value is -2.04. The fourth-order valence-corrected chi connectivity index (χ4v) is 1.55. The van der Waals surface area contributed by atoms with E-state index in [4.69, 9.17) is 5.11 Å². The summed E-state index contributed by atoms with van der Waals surface area (Å²) in [6.45, 7) is 2.71. The van der Waals surface area contributed by atoms with Gasteiger partial charge in [0.25, 0.3) is 0 Å². The highest BCUT2D eigenvalue weighted by molar-refractivity contribution is 5.74. The van der Waals surface area contributed by atoms with Gasteiger partial charge in [-0.25, -0.2) is 4.79 Å². The van der Waals surface area contributed by atoms with Crippen LogP contribution >= 0.6 is 0 Å². The van der Waals surface area contributed by atoms with Crippen LogP contribution in [-0.4, -0.2) is 30.2 Å². The van der Waals surface area contributed by atoms with E-state index in [2.05, 4.69) is 10.6 Å². The van der Waals surface area contributed by atoms with Crippen molar-refractivity contribution in [3.8, 4) is 0 Å². The molecule has 1 aromatic rings. The minimum absolute atomic E-state index is 0.0643. The van der Waals surface area contributed by atoms with Gasteiger partial charge in [0.05, 0.1) is 6.42 Å². The topological polar surface area (TPSA) is 78.4 Å². The third-order valence-electron chi connectivity index (χ3n) is 2.57. The van der Waals surface area contributed by atoms with E-state index in [1.807, 2.05) is 31.2 Å². The highest BCUT2D eigenvalue weighted by Gasteiger charge is 2.02. The Balaban J connectivity index is 2.20. The molecule has 3 N–H and O–H groups in total. The second-order valence-electron chi connectivity index (χ2n) is 4.00. The van der Waals surface area contributed by atoms with Crippen molar-refractivity contribution in [1.29, 1.82) is 0 Å². The first-order chi connectivity index (χ1) is 8.59. The summed E-state index contributed by atoms with van der Waals surface area (Å²) in [5.41, 5.74) is 2.40. The predicted octanol–water partition coefficient (Wildman–Crippen LogP) is 1.31. The van der Waals surface area contributed by atoms with Gasteiger partial charge in [-0.3, -0.25) is 4.79 Å². The van der Waals surface area contributed by atoms with Crippen LogP contribution in [0.4, 0.5) is 4.79 Å². The molecule has 1 rings (SSSR count). The standard InChI is InChI=1S/C13H18N2O3/c1-10-4-2-3-5-11(10)6-8-14-13(18)15-9-7-12(16)17/h2-5H,6-9H2,1H3,(H,16,17)(H2,14,15,18). The molecule has 0 aromatic heterocycles. The molecule has 0 saturated carbocycles. The number of carbonyl (C=O) groups excluding carboxylic acids is 1. The molecule has 0 heterocycles. The van der Waals surface area contributed by atoms with Crippen LogP contribution in [0.15, 0.2) is 24.3 Å². The van der Waals surface area contributed by atoms with Gasteiger partial charge in [-0.15, -0.1) is 0 Å². The molecule has 1 aromatic carbocycles. The first-order valence-corrected chi connectivity index (χ1v) is 5.87. The molecule has 0 fully saturated rings. The average Bonchev–Trinajstić information content (AvgIpc) is 2.31. The van der Waals surface area contributed by atoms with Crippen molar-refractivity contribution < 1.29 is 14.7 Å². The van der Waals surface area contributed by atoms with Crippen LogP contribution in [0.5, 0.6) is 0 Å². The molecule has 5 nitrogen and oxygen atoms in total. The molecule has 0 radical (unpaired) electrons. The number of carboxylic acids is 1. The molecule has 0 spiro atoms. The second-order valence-corrected chi connectivity index (χ2v) is 4.00. The number of amides is 2. The van der Waals surface area contributed by atoms with Crippen LogP contribution in [0.2, 0.25) is 0 Å². The Bertz CT molecular complexity index is 418. The predicted molar refractivity (Wildman–Crippen MR) is 68.5 cm³/mol. The minimum atomic E-state index is -0.921. The summed E-state index contributed by atoms with van der Waals surface area (Å²) in [4.78, 5) is 21.5. The Labute approximate surface area is 106 Å². The first-order valence-electron chi connectivity index (χ1n) is 5.87. The van der Waals surface area contributed by atoms with E-state index < -0.39 is 5.97 Å². The van der Waals surface area contributed by atoms with Gasteiger partial charge in [0.2, 0.25) is 0 Å². The highest BCUT2D eigenvalue weighted by Crippen LogP contribution is 2.06. The SMILES string of the molecule is Cc1ccccc1CCNC(=O)NCCC(=O)O. The van der Waals surface area contributed by atoms with E-state index in [-0.39, 0.29) is 19.0 Å². The summed E-state index contributed by atoms with van der Waals surface area (Å²) >= 11 is 0. The second kappa shape index (κ2) is 7.32. The van der Waals surface area contributed by atoms with Crippen molar-refractivity contribution in [1.82, 2.24) is 10.6 Å². The molecule has 0 aliphatic rings. The number of carboxylic acid groups (broad SMARTS) is 1. The fourth-order valence-electron chi connectivity index (χ4n) is 1.55. The molecule has 5 heteroatoms. The molecule has 18 heavy (non-hydrogen) atoms. The molecule has 0 saturated heterocycles. The highest BCUT2D eigenvalue weighted by atomic mass is 16.4. The van der Waals surface area contributed by atoms with E-state index in [1.165, 1.54) is 11.1 Å². The molecule has 0 aliphatic carbocycles.